The number of rotatable bonds is 5. The number of para-hydroxylation sites is 1. The molecular weight excluding hydrogens is 409 g/mol. The lowest BCUT2D eigenvalue weighted by molar-refractivity contribution is 0.102. The highest BCUT2D eigenvalue weighted by molar-refractivity contribution is 6.04. The van der Waals surface area contributed by atoms with Crippen LogP contribution in [0.1, 0.15) is 34.6 Å². The van der Waals surface area contributed by atoms with Crippen molar-refractivity contribution in [2.75, 3.05) is 12.4 Å². The molecule has 32 heavy (non-hydrogen) atoms. The number of halogens is 1. The van der Waals surface area contributed by atoms with Gasteiger partial charge in [-0.25, -0.2) is 9.07 Å². The molecule has 0 aliphatic heterocycles. The van der Waals surface area contributed by atoms with Crippen LogP contribution < -0.4 is 10.1 Å². The monoisotopic (exact) mass is 431 g/mol. The Hall–Kier alpha value is -3.94. The molecule has 2 aromatic carbocycles. The fraction of sp³-hybridized carbons (Fsp3) is 0.208. The Kier molecular flexibility index (Phi) is 5.18. The van der Waals surface area contributed by atoms with Gasteiger partial charge in [0.1, 0.15) is 11.6 Å². The summed E-state index contributed by atoms with van der Waals surface area (Å²) in [4.78, 5) is 13.1. The van der Waals surface area contributed by atoms with Gasteiger partial charge in [-0.2, -0.15) is 10.2 Å². The van der Waals surface area contributed by atoms with Crippen molar-refractivity contribution in [3.63, 3.8) is 0 Å². The first-order valence-corrected chi connectivity index (χ1v) is 10.5. The number of nitrogens with zero attached hydrogens (tertiary/aromatic N) is 3. The van der Waals surface area contributed by atoms with Crippen molar-refractivity contribution in [2.45, 2.75) is 25.7 Å². The van der Waals surface area contributed by atoms with Crippen LogP contribution in [0.25, 0.3) is 16.9 Å². The van der Waals surface area contributed by atoms with E-state index in [0.29, 0.717) is 17.3 Å². The number of hydrogen-bond acceptors (Lipinski definition) is 4. The van der Waals surface area contributed by atoms with Gasteiger partial charge in [-0.05, 0) is 62.1 Å². The Labute approximate surface area is 184 Å². The molecule has 0 atom stereocenters. The van der Waals surface area contributed by atoms with Crippen LogP contribution >= 0.6 is 0 Å². The van der Waals surface area contributed by atoms with Gasteiger partial charge >= 0.3 is 0 Å². The largest absolute Gasteiger partial charge is 0.496 e. The normalized spacial score (nSPS) is 12.9. The molecule has 1 amide bonds. The van der Waals surface area contributed by atoms with E-state index in [-0.39, 0.29) is 11.7 Å². The van der Waals surface area contributed by atoms with Crippen LogP contribution in [0.4, 0.5) is 10.2 Å². The summed E-state index contributed by atoms with van der Waals surface area (Å²) in [6, 6.07) is 15.5. The summed E-state index contributed by atoms with van der Waals surface area (Å²) in [5.41, 5.74) is 4.65. The lowest BCUT2D eigenvalue weighted by Crippen LogP contribution is -2.15. The van der Waals surface area contributed by atoms with Gasteiger partial charge in [-0.15, -0.1) is 0 Å². The van der Waals surface area contributed by atoms with E-state index < -0.39 is 0 Å². The van der Waals surface area contributed by atoms with E-state index in [1.807, 2.05) is 24.3 Å². The molecule has 1 aliphatic carbocycles. The molecule has 0 saturated heterocycles. The fourth-order valence-corrected chi connectivity index (χ4v) is 4.14. The number of fused-ring (bicyclic) bond motifs is 1. The number of H-pyrrole nitrogens is 1. The van der Waals surface area contributed by atoms with Crippen LogP contribution in [-0.4, -0.2) is 33.0 Å². The summed E-state index contributed by atoms with van der Waals surface area (Å²) in [6.45, 7) is 0. The lowest BCUT2D eigenvalue weighted by Gasteiger charge is -2.14. The standard InChI is InChI=1S/C24H22FN5O2/c1-32-21-9-5-3-6-17(21)19-14-22(28-27-19)26-24(31)23-18-7-2-4-8-20(18)30(29-23)16-12-10-15(25)11-13-16/h3,5-6,9-14H,2,4,7-8H2,1H3,(H2,26,27,28,31). The number of carbonyl (C=O) groups is 1. The van der Waals surface area contributed by atoms with Gasteiger partial charge < -0.3 is 10.1 Å². The summed E-state index contributed by atoms with van der Waals surface area (Å²) in [6.07, 6.45) is 3.64. The summed E-state index contributed by atoms with van der Waals surface area (Å²) in [7, 11) is 1.61. The highest BCUT2D eigenvalue weighted by atomic mass is 19.1. The summed E-state index contributed by atoms with van der Waals surface area (Å²) in [5.74, 6) is 0.483. The second-order valence-corrected chi connectivity index (χ2v) is 7.69. The van der Waals surface area contributed by atoms with Gasteiger partial charge in [0, 0.05) is 22.9 Å². The van der Waals surface area contributed by atoms with Gasteiger partial charge in [0.25, 0.3) is 5.91 Å². The minimum absolute atomic E-state index is 0.308. The van der Waals surface area contributed by atoms with Crippen LogP contribution in [0.15, 0.2) is 54.6 Å². The smallest absolute Gasteiger partial charge is 0.277 e. The van der Waals surface area contributed by atoms with Gasteiger partial charge in [0.2, 0.25) is 0 Å². The van der Waals surface area contributed by atoms with Crippen LogP contribution in [0, 0.1) is 5.82 Å². The highest BCUT2D eigenvalue weighted by Crippen LogP contribution is 2.30. The van der Waals surface area contributed by atoms with E-state index in [0.717, 1.165) is 53.9 Å². The maximum atomic E-state index is 13.4. The van der Waals surface area contributed by atoms with E-state index in [1.54, 1.807) is 30.0 Å². The molecule has 2 N–H and O–H groups in total. The third-order valence-corrected chi connectivity index (χ3v) is 5.68. The quantitative estimate of drug-likeness (QED) is 0.486. The zero-order chi connectivity index (χ0) is 22.1. The molecule has 7 nitrogen and oxygen atoms in total. The molecule has 0 radical (unpaired) electrons. The average molecular weight is 431 g/mol. The molecule has 2 heterocycles. The molecule has 0 saturated carbocycles. The maximum absolute atomic E-state index is 13.4. The van der Waals surface area contributed by atoms with Crippen LogP contribution in [0.5, 0.6) is 5.75 Å². The Morgan fingerprint density at radius 2 is 1.91 bits per heavy atom. The number of aromatic nitrogens is 4. The van der Waals surface area contributed by atoms with E-state index in [4.69, 9.17) is 4.74 Å². The number of methoxy groups -OCH3 is 1. The number of benzene rings is 2. The molecule has 4 aromatic rings. The van der Waals surface area contributed by atoms with Crippen LogP contribution in [0.3, 0.4) is 0 Å². The number of anilines is 1. The topological polar surface area (TPSA) is 84.8 Å². The molecule has 0 unspecified atom stereocenters. The first-order chi connectivity index (χ1) is 15.6. The summed E-state index contributed by atoms with van der Waals surface area (Å²) >= 11 is 0. The second-order valence-electron chi connectivity index (χ2n) is 7.69. The predicted molar refractivity (Wildman–Crippen MR) is 119 cm³/mol. The van der Waals surface area contributed by atoms with Crippen molar-refractivity contribution in [3.05, 3.63) is 77.4 Å². The molecule has 1 aliphatic rings. The van der Waals surface area contributed by atoms with Crippen LogP contribution in [-0.2, 0) is 12.8 Å². The van der Waals surface area contributed by atoms with Gasteiger partial charge in [-0.3, -0.25) is 9.89 Å². The molecule has 5 rings (SSSR count). The maximum Gasteiger partial charge on any atom is 0.277 e. The molecule has 2 aromatic heterocycles. The third kappa shape index (κ3) is 3.64. The molecule has 0 bridgehead atoms. The van der Waals surface area contributed by atoms with E-state index >= 15 is 0 Å². The number of amides is 1. The number of aromatic amines is 1. The minimum atomic E-state index is -0.318. The molecule has 162 valence electrons. The van der Waals surface area contributed by atoms with E-state index in [9.17, 15) is 9.18 Å². The number of nitrogens with one attached hydrogen (secondary N) is 2. The summed E-state index contributed by atoms with van der Waals surface area (Å²) < 4.78 is 20.5. The van der Waals surface area contributed by atoms with E-state index in [1.165, 1.54) is 12.1 Å². The molecule has 0 fully saturated rings. The minimum Gasteiger partial charge on any atom is -0.496 e. The van der Waals surface area contributed by atoms with Gasteiger partial charge in [0.05, 0.1) is 18.5 Å². The zero-order valence-electron chi connectivity index (χ0n) is 17.6. The number of hydrogen-bond donors (Lipinski definition) is 2. The lowest BCUT2D eigenvalue weighted by atomic mass is 9.95. The summed E-state index contributed by atoms with van der Waals surface area (Å²) in [5, 5.41) is 14.6. The Balaban J connectivity index is 1.44. The first kappa shape index (κ1) is 20.0. The average Bonchev–Trinajstić information content (AvgIpc) is 3.44. The third-order valence-electron chi connectivity index (χ3n) is 5.68. The zero-order valence-corrected chi connectivity index (χ0v) is 17.6. The van der Waals surface area contributed by atoms with Crippen molar-refractivity contribution in [1.29, 1.82) is 0 Å². The number of ether oxygens (including phenoxy) is 1. The molecule has 0 spiro atoms. The Bertz CT molecular complexity index is 1280. The fourth-order valence-electron chi connectivity index (χ4n) is 4.14. The number of carbonyl (C=O) groups excluding carboxylic acids is 1. The van der Waals surface area contributed by atoms with Gasteiger partial charge in [0.15, 0.2) is 11.5 Å². The SMILES string of the molecule is COc1ccccc1-c1cc(NC(=O)c2nn(-c3ccc(F)cc3)c3c2CCCC3)n[nH]1. The second kappa shape index (κ2) is 8.30. The predicted octanol–water partition coefficient (Wildman–Crippen LogP) is 4.54. The van der Waals surface area contributed by atoms with Crippen molar-refractivity contribution >= 4 is 11.7 Å². The van der Waals surface area contributed by atoms with Crippen LogP contribution in [0.2, 0.25) is 0 Å². The Morgan fingerprint density at radius 1 is 1.12 bits per heavy atom. The van der Waals surface area contributed by atoms with Gasteiger partial charge in [-0.1, -0.05) is 12.1 Å². The Morgan fingerprint density at radius 3 is 2.72 bits per heavy atom. The first-order valence-electron chi connectivity index (χ1n) is 10.5. The van der Waals surface area contributed by atoms with E-state index in [2.05, 4.69) is 20.6 Å². The van der Waals surface area contributed by atoms with Crippen molar-refractivity contribution < 1.29 is 13.9 Å². The van der Waals surface area contributed by atoms with Crippen molar-refractivity contribution in [2.24, 2.45) is 0 Å². The van der Waals surface area contributed by atoms with Crippen molar-refractivity contribution in [3.8, 4) is 22.7 Å². The highest BCUT2D eigenvalue weighted by Gasteiger charge is 2.26. The molecular formula is C24H22FN5O2. The molecule has 8 heteroatoms. The van der Waals surface area contributed by atoms with Crippen molar-refractivity contribution in [1.82, 2.24) is 20.0 Å².